The lowest BCUT2D eigenvalue weighted by Gasteiger charge is -2.18. The monoisotopic (exact) mass is 749 g/mol. The van der Waals surface area contributed by atoms with Crippen molar-refractivity contribution in [2.45, 2.75) is 258 Å². The van der Waals surface area contributed by atoms with Gasteiger partial charge in [-0.3, -0.25) is 14.4 Å². The second kappa shape index (κ2) is 42.9. The predicted octanol–water partition coefficient (Wildman–Crippen LogP) is 14.6. The van der Waals surface area contributed by atoms with Crippen molar-refractivity contribution in [1.29, 1.82) is 0 Å². The molecule has 6 nitrogen and oxygen atoms in total. The fourth-order valence-corrected chi connectivity index (χ4v) is 6.73. The Balaban J connectivity index is 4.24. The van der Waals surface area contributed by atoms with Crippen molar-refractivity contribution in [1.82, 2.24) is 0 Å². The Kier molecular flexibility index (Phi) is 41.4. The van der Waals surface area contributed by atoms with E-state index in [0.29, 0.717) is 19.3 Å². The zero-order valence-corrected chi connectivity index (χ0v) is 35.6. The second-order valence-electron chi connectivity index (χ2n) is 15.7. The number of hydrogen-bond donors (Lipinski definition) is 0. The van der Waals surface area contributed by atoms with Crippen LogP contribution in [-0.4, -0.2) is 37.2 Å². The molecule has 0 heterocycles. The quantitative estimate of drug-likeness (QED) is 0.0268. The van der Waals surface area contributed by atoms with Crippen LogP contribution in [0.3, 0.4) is 0 Å². The highest BCUT2D eigenvalue weighted by Crippen LogP contribution is 2.15. The van der Waals surface area contributed by atoms with Crippen LogP contribution < -0.4 is 0 Å². The van der Waals surface area contributed by atoms with Gasteiger partial charge >= 0.3 is 17.9 Å². The molecule has 312 valence electrons. The van der Waals surface area contributed by atoms with Crippen LogP contribution in [0.4, 0.5) is 0 Å². The van der Waals surface area contributed by atoms with Gasteiger partial charge in [0.05, 0.1) is 0 Å². The maximum atomic E-state index is 12.7. The minimum Gasteiger partial charge on any atom is -0.462 e. The van der Waals surface area contributed by atoms with E-state index in [4.69, 9.17) is 14.2 Å². The first-order valence-corrected chi connectivity index (χ1v) is 23.2. The average molecular weight is 749 g/mol. The van der Waals surface area contributed by atoms with Crippen LogP contribution in [0.25, 0.3) is 0 Å². The standard InChI is InChI=1S/C47H88O6/c1-4-7-10-13-16-18-20-22-24-26-27-29-31-34-37-40-46(49)52-43-44(42-51-45(48)39-36-33-15-12-9-6-3)53-47(50)41-38-35-32-30-28-25-23-21-19-17-14-11-8-5-2/h21,23,44H,4-20,22,24-43H2,1-3H3/b23-21-. The van der Waals surface area contributed by atoms with E-state index in [0.717, 1.165) is 64.2 Å². The van der Waals surface area contributed by atoms with E-state index in [9.17, 15) is 14.4 Å². The zero-order valence-electron chi connectivity index (χ0n) is 35.6. The number of allylic oxidation sites excluding steroid dienone is 2. The molecule has 0 aliphatic rings. The van der Waals surface area contributed by atoms with Gasteiger partial charge in [0.15, 0.2) is 6.10 Å². The molecule has 1 unspecified atom stereocenters. The molecule has 0 saturated carbocycles. The number of hydrogen-bond acceptors (Lipinski definition) is 6. The van der Waals surface area contributed by atoms with Crippen LogP contribution in [0.15, 0.2) is 12.2 Å². The van der Waals surface area contributed by atoms with Gasteiger partial charge in [-0.2, -0.15) is 0 Å². The summed E-state index contributed by atoms with van der Waals surface area (Å²) in [6.45, 7) is 6.58. The van der Waals surface area contributed by atoms with Gasteiger partial charge in [0, 0.05) is 19.3 Å². The average Bonchev–Trinajstić information content (AvgIpc) is 3.15. The van der Waals surface area contributed by atoms with Crippen LogP contribution in [0, 0.1) is 0 Å². The lowest BCUT2D eigenvalue weighted by atomic mass is 10.0. The maximum absolute atomic E-state index is 12.7. The third-order valence-electron chi connectivity index (χ3n) is 10.3. The minimum absolute atomic E-state index is 0.0696. The predicted molar refractivity (Wildman–Crippen MR) is 224 cm³/mol. The number of carbonyl (C=O) groups is 3. The molecular weight excluding hydrogens is 661 g/mol. The van der Waals surface area contributed by atoms with E-state index < -0.39 is 6.10 Å². The minimum atomic E-state index is -0.764. The molecule has 0 amide bonds. The van der Waals surface area contributed by atoms with Gasteiger partial charge in [-0.05, 0) is 44.9 Å². The molecule has 0 N–H and O–H groups in total. The van der Waals surface area contributed by atoms with Crippen LogP contribution in [0.1, 0.15) is 252 Å². The first-order chi connectivity index (χ1) is 26.0. The SMILES string of the molecule is CCCCCCC/C=C\CCCCCCCC(=O)OC(COC(=O)CCCCCCCC)COC(=O)CCCCCCCCCCCCCCCCC. The molecule has 0 aromatic carbocycles. The van der Waals surface area contributed by atoms with E-state index >= 15 is 0 Å². The third-order valence-corrected chi connectivity index (χ3v) is 10.3. The van der Waals surface area contributed by atoms with Crippen molar-refractivity contribution in [3.05, 3.63) is 12.2 Å². The van der Waals surface area contributed by atoms with Crippen molar-refractivity contribution in [3.8, 4) is 0 Å². The Morgan fingerprint density at radius 3 is 0.943 bits per heavy atom. The molecule has 0 fully saturated rings. The van der Waals surface area contributed by atoms with Crippen LogP contribution in [0.5, 0.6) is 0 Å². The number of carbonyl (C=O) groups excluding carboxylic acids is 3. The number of unbranched alkanes of at least 4 members (excludes halogenated alkanes) is 29. The Morgan fingerprint density at radius 1 is 0.358 bits per heavy atom. The summed E-state index contributed by atoms with van der Waals surface area (Å²) in [6, 6.07) is 0. The smallest absolute Gasteiger partial charge is 0.306 e. The van der Waals surface area contributed by atoms with Crippen molar-refractivity contribution in [2.75, 3.05) is 13.2 Å². The Hall–Kier alpha value is -1.85. The van der Waals surface area contributed by atoms with Crippen LogP contribution >= 0.6 is 0 Å². The number of ether oxygens (including phenoxy) is 3. The Labute approximate surface area is 329 Å². The highest BCUT2D eigenvalue weighted by Gasteiger charge is 2.19. The first-order valence-electron chi connectivity index (χ1n) is 23.2. The molecule has 0 saturated heterocycles. The summed E-state index contributed by atoms with van der Waals surface area (Å²) in [5.74, 6) is -0.879. The molecule has 0 aliphatic carbocycles. The van der Waals surface area contributed by atoms with Gasteiger partial charge in [0.1, 0.15) is 13.2 Å². The van der Waals surface area contributed by atoms with Crippen molar-refractivity contribution < 1.29 is 28.6 Å². The lowest BCUT2D eigenvalue weighted by molar-refractivity contribution is -0.167. The highest BCUT2D eigenvalue weighted by molar-refractivity contribution is 5.71. The Bertz CT molecular complexity index is 824. The van der Waals surface area contributed by atoms with E-state index in [-0.39, 0.29) is 31.1 Å². The van der Waals surface area contributed by atoms with Crippen molar-refractivity contribution in [3.63, 3.8) is 0 Å². The molecular formula is C47H88O6. The molecule has 0 bridgehead atoms. The lowest BCUT2D eigenvalue weighted by Crippen LogP contribution is -2.30. The first kappa shape index (κ1) is 51.1. The largest absolute Gasteiger partial charge is 0.462 e. The summed E-state index contributed by atoms with van der Waals surface area (Å²) < 4.78 is 16.6. The molecule has 0 rings (SSSR count). The van der Waals surface area contributed by atoms with E-state index in [1.807, 2.05) is 0 Å². The molecule has 6 heteroatoms. The van der Waals surface area contributed by atoms with Crippen molar-refractivity contribution in [2.24, 2.45) is 0 Å². The summed E-state index contributed by atoms with van der Waals surface area (Å²) in [7, 11) is 0. The van der Waals surface area contributed by atoms with Crippen molar-refractivity contribution >= 4 is 17.9 Å². The van der Waals surface area contributed by atoms with Crippen LogP contribution in [-0.2, 0) is 28.6 Å². The molecule has 0 aromatic rings. The van der Waals surface area contributed by atoms with E-state index in [1.54, 1.807) is 0 Å². The number of rotatable bonds is 42. The van der Waals surface area contributed by atoms with Crippen LogP contribution in [0.2, 0.25) is 0 Å². The molecule has 0 aliphatic heterocycles. The summed E-state index contributed by atoms with van der Waals surface area (Å²) >= 11 is 0. The fourth-order valence-electron chi connectivity index (χ4n) is 6.73. The zero-order chi connectivity index (χ0) is 38.7. The topological polar surface area (TPSA) is 78.9 Å². The summed E-state index contributed by atoms with van der Waals surface area (Å²) in [4.78, 5) is 37.5. The molecule has 1 atom stereocenters. The van der Waals surface area contributed by atoms with E-state index in [1.165, 1.54) is 148 Å². The maximum Gasteiger partial charge on any atom is 0.306 e. The van der Waals surface area contributed by atoms with Gasteiger partial charge in [0.25, 0.3) is 0 Å². The van der Waals surface area contributed by atoms with E-state index in [2.05, 4.69) is 32.9 Å². The molecule has 0 radical (unpaired) electrons. The van der Waals surface area contributed by atoms with Gasteiger partial charge in [0.2, 0.25) is 0 Å². The normalized spacial score (nSPS) is 12.0. The summed E-state index contributed by atoms with van der Waals surface area (Å²) in [5.41, 5.74) is 0. The highest BCUT2D eigenvalue weighted by atomic mass is 16.6. The van der Waals surface area contributed by atoms with Gasteiger partial charge in [-0.1, -0.05) is 200 Å². The number of esters is 3. The Morgan fingerprint density at radius 2 is 0.623 bits per heavy atom. The van der Waals surface area contributed by atoms with Gasteiger partial charge < -0.3 is 14.2 Å². The summed E-state index contributed by atoms with van der Waals surface area (Å²) in [5, 5.41) is 0. The molecule has 53 heavy (non-hydrogen) atoms. The third kappa shape index (κ3) is 41.2. The molecule has 0 aromatic heterocycles. The fraction of sp³-hybridized carbons (Fsp3) is 0.894. The van der Waals surface area contributed by atoms with Gasteiger partial charge in [-0.25, -0.2) is 0 Å². The summed E-state index contributed by atoms with van der Waals surface area (Å²) in [6.07, 6.45) is 44.9. The van der Waals surface area contributed by atoms with Gasteiger partial charge in [-0.15, -0.1) is 0 Å². The molecule has 0 spiro atoms. The second-order valence-corrected chi connectivity index (χ2v) is 15.7.